The number of H-pyrrole nitrogens is 1. The van der Waals surface area contributed by atoms with Gasteiger partial charge in [-0.3, -0.25) is 4.79 Å². The highest BCUT2D eigenvalue weighted by Crippen LogP contribution is 2.32. The fraction of sp³-hybridized carbons (Fsp3) is 0.125. The largest absolute Gasteiger partial charge is 0.478 e. The molecule has 24 heavy (non-hydrogen) atoms. The molecule has 122 valence electrons. The van der Waals surface area contributed by atoms with Gasteiger partial charge in [-0.25, -0.2) is 9.59 Å². The first kappa shape index (κ1) is 16.8. The van der Waals surface area contributed by atoms with Crippen LogP contribution >= 0.6 is 0 Å². The molecule has 0 aliphatic rings. The van der Waals surface area contributed by atoms with E-state index in [0.29, 0.717) is 17.5 Å². The maximum Gasteiger partial charge on any atom is 0.342 e. The predicted octanol–water partition coefficient (Wildman–Crippen LogP) is 1.45. The Morgan fingerprint density at radius 2 is 1.88 bits per heavy atom. The summed E-state index contributed by atoms with van der Waals surface area (Å²) in [6, 6.07) is 6.31. The van der Waals surface area contributed by atoms with Crippen molar-refractivity contribution in [1.29, 1.82) is 5.26 Å². The average Bonchev–Trinajstić information content (AvgIpc) is 2.52. The molecule has 1 aromatic carbocycles. The number of nitrogen functional groups attached to an aromatic ring is 1. The van der Waals surface area contributed by atoms with Crippen molar-refractivity contribution in [3.8, 4) is 17.2 Å². The van der Waals surface area contributed by atoms with Crippen molar-refractivity contribution in [1.82, 2.24) is 4.98 Å². The number of hydrogen-bond acceptors (Lipinski definition) is 5. The average molecular weight is 327 g/mol. The van der Waals surface area contributed by atoms with Crippen LogP contribution in [-0.4, -0.2) is 27.1 Å². The molecule has 0 saturated heterocycles. The predicted molar refractivity (Wildman–Crippen MR) is 84.9 cm³/mol. The molecular weight excluding hydrogens is 314 g/mol. The third kappa shape index (κ3) is 2.70. The highest BCUT2D eigenvalue weighted by Gasteiger charge is 2.27. The number of carboxylic acid groups (broad SMARTS) is 2. The van der Waals surface area contributed by atoms with Crippen LogP contribution in [0.1, 0.15) is 38.8 Å². The first-order valence-electron chi connectivity index (χ1n) is 6.87. The summed E-state index contributed by atoms with van der Waals surface area (Å²) in [6.07, 6.45) is 0.398. The third-order valence-corrected chi connectivity index (χ3v) is 3.56. The van der Waals surface area contributed by atoms with Crippen LogP contribution < -0.4 is 11.3 Å². The number of anilines is 1. The molecule has 0 aliphatic heterocycles. The van der Waals surface area contributed by atoms with E-state index < -0.39 is 34.4 Å². The van der Waals surface area contributed by atoms with Crippen molar-refractivity contribution in [2.24, 2.45) is 0 Å². The number of aryl methyl sites for hydroxylation is 1. The number of aromatic amines is 1. The number of rotatable bonds is 4. The fourth-order valence-corrected chi connectivity index (χ4v) is 2.52. The van der Waals surface area contributed by atoms with Crippen molar-refractivity contribution in [2.45, 2.75) is 13.3 Å². The molecule has 0 bridgehead atoms. The number of aromatic carboxylic acids is 2. The van der Waals surface area contributed by atoms with Crippen molar-refractivity contribution in [2.75, 3.05) is 5.73 Å². The Balaban J connectivity index is 3.03. The van der Waals surface area contributed by atoms with E-state index in [0.717, 1.165) is 0 Å². The van der Waals surface area contributed by atoms with Crippen LogP contribution in [-0.2, 0) is 6.42 Å². The summed E-state index contributed by atoms with van der Waals surface area (Å²) in [6.45, 7) is 1.76. The first-order chi connectivity index (χ1) is 11.3. The molecule has 1 heterocycles. The molecule has 2 aromatic rings. The Morgan fingerprint density at radius 3 is 2.38 bits per heavy atom. The lowest BCUT2D eigenvalue weighted by Gasteiger charge is -2.15. The van der Waals surface area contributed by atoms with Crippen LogP contribution in [0.3, 0.4) is 0 Å². The number of hydrogen-bond donors (Lipinski definition) is 4. The molecule has 8 nitrogen and oxygen atoms in total. The zero-order valence-electron chi connectivity index (χ0n) is 12.6. The number of nitriles is 1. The van der Waals surface area contributed by atoms with Gasteiger partial charge in [0.15, 0.2) is 0 Å². The molecule has 0 radical (unpaired) electrons. The number of pyridine rings is 1. The smallest absolute Gasteiger partial charge is 0.342 e. The Hall–Kier alpha value is -3.60. The molecule has 0 saturated carbocycles. The summed E-state index contributed by atoms with van der Waals surface area (Å²) in [4.78, 5) is 37.2. The number of carbonyl (C=O) groups is 2. The van der Waals surface area contributed by atoms with Crippen molar-refractivity contribution < 1.29 is 19.8 Å². The van der Waals surface area contributed by atoms with Gasteiger partial charge in [-0.1, -0.05) is 13.0 Å². The highest BCUT2D eigenvalue weighted by molar-refractivity contribution is 6.07. The minimum absolute atomic E-state index is 0.240. The summed E-state index contributed by atoms with van der Waals surface area (Å²) < 4.78 is 0. The van der Waals surface area contributed by atoms with Crippen LogP contribution in [0, 0.1) is 11.3 Å². The normalized spacial score (nSPS) is 10.2. The molecule has 0 amide bonds. The van der Waals surface area contributed by atoms with Gasteiger partial charge in [-0.05, 0) is 29.7 Å². The number of nitrogens with one attached hydrogen (secondary N) is 1. The fourth-order valence-electron chi connectivity index (χ4n) is 2.52. The maximum atomic E-state index is 12.0. The molecule has 5 N–H and O–H groups in total. The number of nitrogens with two attached hydrogens (primary N) is 1. The number of benzene rings is 1. The summed E-state index contributed by atoms with van der Waals surface area (Å²) in [5, 5.41) is 27.8. The molecule has 8 heteroatoms. The lowest BCUT2D eigenvalue weighted by atomic mass is 9.90. The van der Waals surface area contributed by atoms with E-state index in [1.807, 2.05) is 11.1 Å². The lowest BCUT2D eigenvalue weighted by Crippen LogP contribution is -2.24. The summed E-state index contributed by atoms with van der Waals surface area (Å²) in [7, 11) is 0. The molecule has 0 atom stereocenters. The van der Waals surface area contributed by atoms with Gasteiger partial charge >= 0.3 is 11.9 Å². The Morgan fingerprint density at radius 1 is 1.25 bits per heavy atom. The van der Waals surface area contributed by atoms with Gasteiger partial charge in [0.1, 0.15) is 16.9 Å². The van der Waals surface area contributed by atoms with E-state index in [2.05, 4.69) is 0 Å². The van der Waals surface area contributed by atoms with Gasteiger partial charge in [-0.15, -0.1) is 0 Å². The summed E-state index contributed by atoms with van der Waals surface area (Å²) in [5.74, 6) is -3.47. The van der Waals surface area contributed by atoms with E-state index in [4.69, 9.17) is 11.0 Å². The van der Waals surface area contributed by atoms with Gasteiger partial charge in [0.2, 0.25) is 0 Å². The van der Waals surface area contributed by atoms with Gasteiger partial charge in [0.05, 0.1) is 11.6 Å². The molecule has 1 aromatic heterocycles. The Labute approximate surface area is 135 Å². The van der Waals surface area contributed by atoms with Crippen molar-refractivity contribution in [3.63, 3.8) is 0 Å². The number of aromatic nitrogens is 1. The minimum Gasteiger partial charge on any atom is -0.478 e. The topological polar surface area (TPSA) is 157 Å². The van der Waals surface area contributed by atoms with Gasteiger partial charge in [0, 0.05) is 5.56 Å². The maximum absolute atomic E-state index is 12.0. The number of nitrogens with zero attached hydrogens (tertiary/aromatic N) is 1. The van der Waals surface area contributed by atoms with E-state index in [9.17, 15) is 24.6 Å². The van der Waals surface area contributed by atoms with Crippen LogP contribution in [0.2, 0.25) is 0 Å². The molecule has 0 fully saturated rings. The van der Waals surface area contributed by atoms with E-state index in [-0.39, 0.29) is 11.1 Å². The molecule has 0 spiro atoms. The van der Waals surface area contributed by atoms with E-state index in [1.54, 1.807) is 6.92 Å². The first-order valence-corrected chi connectivity index (χ1v) is 6.87. The molecular formula is C16H13N3O5. The highest BCUT2D eigenvalue weighted by atomic mass is 16.4. The second kappa shape index (κ2) is 6.26. The Bertz CT molecular complexity index is 953. The monoisotopic (exact) mass is 327 g/mol. The molecule has 0 unspecified atom stereocenters. The van der Waals surface area contributed by atoms with Crippen molar-refractivity contribution >= 4 is 17.8 Å². The van der Waals surface area contributed by atoms with Crippen LogP contribution in [0.5, 0.6) is 0 Å². The summed E-state index contributed by atoms with van der Waals surface area (Å²) >= 11 is 0. The van der Waals surface area contributed by atoms with Crippen LogP contribution in [0.15, 0.2) is 23.0 Å². The van der Waals surface area contributed by atoms with Crippen LogP contribution in [0.25, 0.3) is 11.1 Å². The van der Waals surface area contributed by atoms with Gasteiger partial charge < -0.3 is 20.9 Å². The SMILES string of the molecule is CCc1cc(C#N)ccc1-c1c(C(=O)O)c(N)[nH]c(=O)c1C(=O)O. The lowest BCUT2D eigenvalue weighted by molar-refractivity contribution is 0.0695. The third-order valence-electron chi connectivity index (χ3n) is 3.56. The van der Waals surface area contributed by atoms with E-state index >= 15 is 0 Å². The Kier molecular flexibility index (Phi) is 4.37. The molecule has 0 aliphatic carbocycles. The second-order valence-electron chi connectivity index (χ2n) is 4.94. The van der Waals surface area contributed by atoms with Crippen molar-refractivity contribution in [3.05, 3.63) is 50.8 Å². The standard InChI is InChI=1S/C16H13N3O5/c1-2-8-5-7(6-17)3-4-9(8)10-11(15(21)22)13(18)19-14(20)12(10)16(23)24/h3-5H,2H2,1H3,(H,21,22)(H,23,24)(H3,18,19,20). The van der Waals surface area contributed by atoms with Gasteiger partial charge in [0.25, 0.3) is 5.56 Å². The molecule has 2 rings (SSSR count). The van der Waals surface area contributed by atoms with Gasteiger partial charge in [-0.2, -0.15) is 5.26 Å². The minimum atomic E-state index is -1.57. The zero-order chi connectivity index (χ0) is 18.0. The number of carboxylic acids is 2. The zero-order valence-corrected chi connectivity index (χ0v) is 12.6. The summed E-state index contributed by atoms with van der Waals surface area (Å²) in [5.41, 5.74) is 4.24. The van der Waals surface area contributed by atoms with Crippen LogP contribution in [0.4, 0.5) is 5.82 Å². The second-order valence-corrected chi connectivity index (χ2v) is 4.94. The quantitative estimate of drug-likeness (QED) is 0.661. The van der Waals surface area contributed by atoms with E-state index in [1.165, 1.54) is 18.2 Å².